The Morgan fingerprint density at radius 3 is 2.42 bits per heavy atom. The van der Waals surface area contributed by atoms with Gasteiger partial charge in [-0.3, -0.25) is 9.59 Å². The van der Waals surface area contributed by atoms with Crippen LogP contribution in [0.25, 0.3) is 10.8 Å². The number of benzene rings is 3. The lowest BCUT2D eigenvalue weighted by Crippen LogP contribution is -2.49. The molecule has 0 aliphatic heterocycles. The molecule has 0 heterocycles. The van der Waals surface area contributed by atoms with Crippen LogP contribution < -0.4 is 5.32 Å². The Hall–Kier alpha value is -3.14. The molecule has 3 aromatic rings. The van der Waals surface area contributed by atoms with Gasteiger partial charge in [-0.1, -0.05) is 93.1 Å². The minimum atomic E-state index is -0.482. The summed E-state index contributed by atoms with van der Waals surface area (Å²) < 4.78 is 0. The van der Waals surface area contributed by atoms with Gasteiger partial charge in [0, 0.05) is 19.5 Å². The predicted molar refractivity (Wildman–Crippen MR) is 136 cm³/mol. The van der Waals surface area contributed by atoms with Gasteiger partial charge in [-0.2, -0.15) is 0 Å². The Bertz CT molecular complexity index is 1080. The van der Waals surface area contributed by atoms with Gasteiger partial charge >= 0.3 is 0 Å². The average molecular weight is 445 g/mol. The molecule has 0 spiro atoms. The van der Waals surface area contributed by atoms with Crippen molar-refractivity contribution in [3.63, 3.8) is 0 Å². The zero-order valence-corrected chi connectivity index (χ0v) is 20.3. The monoisotopic (exact) mass is 444 g/mol. The van der Waals surface area contributed by atoms with Crippen LogP contribution in [-0.4, -0.2) is 29.3 Å². The van der Waals surface area contributed by atoms with E-state index < -0.39 is 6.04 Å². The van der Waals surface area contributed by atoms with E-state index in [9.17, 15) is 9.59 Å². The summed E-state index contributed by atoms with van der Waals surface area (Å²) in [5.74, 6) is 0.298. The third-order valence-corrected chi connectivity index (χ3v) is 5.99. The van der Waals surface area contributed by atoms with Crippen molar-refractivity contribution in [1.29, 1.82) is 0 Å². The predicted octanol–water partition coefficient (Wildman–Crippen LogP) is 5.66. The summed E-state index contributed by atoms with van der Waals surface area (Å²) in [5, 5.41) is 5.39. The molecule has 3 aromatic carbocycles. The first kappa shape index (κ1) is 24.5. The lowest BCUT2D eigenvalue weighted by atomic mass is 10.00. The van der Waals surface area contributed by atoms with Crippen LogP contribution in [0.4, 0.5) is 0 Å². The Labute approximate surface area is 198 Å². The standard InChI is InChI=1S/C29H36N2O2/c1-5-27(29(33)30-19-21(2)3)31(20-23-11-8-10-22(4)18-23)28(32)17-16-25-14-9-13-24-12-6-7-15-26(24)25/h6-15,18,21,27H,5,16-17,19-20H2,1-4H3,(H,30,33)/t27-/m0/s1. The quantitative estimate of drug-likeness (QED) is 0.439. The van der Waals surface area contributed by atoms with E-state index in [1.807, 2.05) is 50.2 Å². The van der Waals surface area contributed by atoms with Gasteiger partial charge in [-0.05, 0) is 47.6 Å². The van der Waals surface area contributed by atoms with Crippen molar-refractivity contribution >= 4 is 22.6 Å². The number of amides is 2. The van der Waals surface area contributed by atoms with Gasteiger partial charge in [0.2, 0.25) is 11.8 Å². The Kier molecular flexibility index (Phi) is 8.65. The van der Waals surface area contributed by atoms with Crippen LogP contribution in [0.15, 0.2) is 66.7 Å². The van der Waals surface area contributed by atoms with E-state index in [1.165, 1.54) is 10.8 Å². The van der Waals surface area contributed by atoms with Crippen LogP contribution in [0.1, 0.15) is 50.3 Å². The summed E-state index contributed by atoms with van der Waals surface area (Å²) in [7, 11) is 0. The van der Waals surface area contributed by atoms with Crippen LogP contribution in [0, 0.1) is 12.8 Å². The number of carbonyl (C=O) groups is 2. The smallest absolute Gasteiger partial charge is 0.242 e. The van der Waals surface area contributed by atoms with Gasteiger partial charge in [-0.15, -0.1) is 0 Å². The molecule has 0 saturated heterocycles. The average Bonchev–Trinajstić information content (AvgIpc) is 2.81. The molecule has 4 nitrogen and oxygen atoms in total. The minimum Gasteiger partial charge on any atom is -0.354 e. The number of rotatable bonds is 10. The van der Waals surface area contributed by atoms with Crippen LogP contribution >= 0.6 is 0 Å². The molecule has 3 rings (SSSR count). The van der Waals surface area contributed by atoms with Crippen molar-refractivity contribution in [2.24, 2.45) is 5.92 Å². The maximum Gasteiger partial charge on any atom is 0.242 e. The number of aryl methyl sites for hydroxylation is 2. The van der Waals surface area contributed by atoms with Crippen molar-refractivity contribution in [2.75, 3.05) is 6.54 Å². The summed E-state index contributed by atoms with van der Waals surface area (Å²) in [6.07, 6.45) is 1.60. The maximum atomic E-state index is 13.5. The lowest BCUT2D eigenvalue weighted by molar-refractivity contribution is -0.141. The fourth-order valence-corrected chi connectivity index (χ4v) is 4.24. The zero-order valence-electron chi connectivity index (χ0n) is 20.3. The normalized spacial score (nSPS) is 12.0. The highest BCUT2D eigenvalue weighted by atomic mass is 16.2. The van der Waals surface area contributed by atoms with Crippen LogP contribution in [0.2, 0.25) is 0 Å². The molecular weight excluding hydrogens is 408 g/mol. The first-order valence-corrected chi connectivity index (χ1v) is 12.0. The third kappa shape index (κ3) is 6.67. The number of carbonyl (C=O) groups excluding carboxylic acids is 2. The summed E-state index contributed by atoms with van der Waals surface area (Å²) in [6, 6.07) is 22.2. The molecule has 0 bridgehead atoms. The van der Waals surface area contributed by atoms with Crippen molar-refractivity contribution in [2.45, 2.75) is 59.5 Å². The van der Waals surface area contributed by atoms with E-state index in [1.54, 1.807) is 4.90 Å². The first-order chi connectivity index (χ1) is 15.9. The second-order valence-electron chi connectivity index (χ2n) is 9.21. The molecule has 1 N–H and O–H groups in total. The summed E-state index contributed by atoms with van der Waals surface area (Å²) >= 11 is 0. The highest BCUT2D eigenvalue weighted by Gasteiger charge is 2.28. The molecular formula is C29H36N2O2. The second kappa shape index (κ2) is 11.6. The molecule has 1 atom stereocenters. The summed E-state index contributed by atoms with van der Waals surface area (Å²) in [6.45, 7) is 9.20. The largest absolute Gasteiger partial charge is 0.354 e. The Balaban J connectivity index is 1.82. The van der Waals surface area contributed by atoms with Crippen molar-refractivity contribution in [3.05, 3.63) is 83.4 Å². The Morgan fingerprint density at radius 2 is 1.70 bits per heavy atom. The van der Waals surface area contributed by atoms with Gasteiger partial charge in [0.05, 0.1) is 0 Å². The van der Waals surface area contributed by atoms with Gasteiger partial charge in [0.25, 0.3) is 0 Å². The minimum absolute atomic E-state index is 0.0102. The molecule has 0 radical (unpaired) electrons. The fourth-order valence-electron chi connectivity index (χ4n) is 4.24. The van der Waals surface area contributed by atoms with Gasteiger partial charge in [-0.25, -0.2) is 0 Å². The van der Waals surface area contributed by atoms with E-state index in [-0.39, 0.29) is 11.8 Å². The van der Waals surface area contributed by atoms with E-state index in [0.717, 1.165) is 16.7 Å². The number of hydrogen-bond acceptors (Lipinski definition) is 2. The molecule has 174 valence electrons. The fraction of sp³-hybridized carbons (Fsp3) is 0.379. The summed E-state index contributed by atoms with van der Waals surface area (Å²) in [4.78, 5) is 28.3. The molecule has 0 fully saturated rings. The van der Waals surface area contributed by atoms with E-state index in [4.69, 9.17) is 0 Å². The number of fused-ring (bicyclic) bond motifs is 1. The van der Waals surface area contributed by atoms with E-state index in [0.29, 0.717) is 38.3 Å². The van der Waals surface area contributed by atoms with Gasteiger partial charge in [0.1, 0.15) is 6.04 Å². The number of hydrogen-bond donors (Lipinski definition) is 1. The van der Waals surface area contributed by atoms with E-state index >= 15 is 0 Å². The van der Waals surface area contributed by atoms with Crippen molar-refractivity contribution < 1.29 is 9.59 Å². The molecule has 4 heteroatoms. The molecule has 0 aliphatic rings. The molecule has 2 amide bonds. The topological polar surface area (TPSA) is 49.4 Å². The second-order valence-corrected chi connectivity index (χ2v) is 9.21. The molecule has 0 saturated carbocycles. The zero-order chi connectivity index (χ0) is 23.8. The van der Waals surface area contributed by atoms with Crippen LogP contribution in [0.3, 0.4) is 0 Å². The SMILES string of the molecule is CC[C@@H](C(=O)NCC(C)C)N(Cc1cccc(C)c1)C(=O)CCc1cccc2ccccc12. The van der Waals surface area contributed by atoms with Crippen molar-refractivity contribution in [3.8, 4) is 0 Å². The maximum absolute atomic E-state index is 13.5. The molecule has 0 unspecified atom stereocenters. The summed E-state index contributed by atoms with van der Waals surface area (Å²) in [5.41, 5.74) is 3.35. The molecule has 33 heavy (non-hydrogen) atoms. The van der Waals surface area contributed by atoms with Crippen LogP contribution in [0.5, 0.6) is 0 Å². The van der Waals surface area contributed by atoms with Crippen LogP contribution in [-0.2, 0) is 22.6 Å². The number of nitrogens with zero attached hydrogens (tertiary/aromatic N) is 1. The molecule has 0 aromatic heterocycles. The lowest BCUT2D eigenvalue weighted by Gasteiger charge is -2.31. The van der Waals surface area contributed by atoms with E-state index in [2.05, 4.69) is 49.5 Å². The highest BCUT2D eigenvalue weighted by Crippen LogP contribution is 2.21. The number of nitrogens with one attached hydrogen (secondary N) is 1. The van der Waals surface area contributed by atoms with Gasteiger partial charge in [0.15, 0.2) is 0 Å². The van der Waals surface area contributed by atoms with Gasteiger partial charge < -0.3 is 10.2 Å². The van der Waals surface area contributed by atoms with Crippen molar-refractivity contribution in [1.82, 2.24) is 10.2 Å². The first-order valence-electron chi connectivity index (χ1n) is 12.0. The Morgan fingerprint density at radius 1 is 0.970 bits per heavy atom. The highest BCUT2D eigenvalue weighted by molar-refractivity contribution is 5.89. The third-order valence-electron chi connectivity index (χ3n) is 5.99. The molecule has 0 aliphatic carbocycles.